The van der Waals surface area contributed by atoms with Crippen LogP contribution in [0.2, 0.25) is 5.02 Å². The molecule has 0 aromatic heterocycles. The highest BCUT2D eigenvalue weighted by atomic mass is 35.5. The molecule has 2 amide bonds. The van der Waals surface area contributed by atoms with Gasteiger partial charge in [0, 0.05) is 17.1 Å². The molecule has 0 aliphatic carbocycles. The molecule has 3 aromatic carbocycles. The van der Waals surface area contributed by atoms with E-state index in [1.807, 2.05) is 18.2 Å². The van der Waals surface area contributed by atoms with Crippen LogP contribution in [0.1, 0.15) is 17.9 Å². The summed E-state index contributed by atoms with van der Waals surface area (Å²) in [5.74, 6) is 0.611. The van der Waals surface area contributed by atoms with Gasteiger partial charge in [0.15, 0.2) is 5.75 Å². The van der Waals surface area contributed by atoms with Gasteiger partial charge in [-0.15, -0.1) is 0 Å². The highest BCUT2D eigenvalue weighted by molar-refractivity contribution is 6.31. The van der Waals surface area contributed by atoms with Crippen LogP contribution in [0, 0.1) is 0 Å². The molecule has 30 heavy (non-hydrogen) atoms. The van der Waals surface area contributed by atoms with Gasteiger partial charge in [0.05, 0.1) is 18.7 Å². The van der Waals surface area contributed by atoms with Crippen molar-refractivity contribution in [2.45, 2.75) is 12.3 Å². The number of hydrogen-bond donors (Lipinski definition) is 2. The lowest BCUT2D eigenvalue weighted by atomic mass is 9.90. The molecule has 0 bridgehead atoms. The van der Waals surface area contributed by atoms with Gasteiger partial charge in [0.1, 0.15) is 11.5 Å². The maximum atomic E-state index is 13.1. The normalized spacial score (nSPS) is 15.0. The SMILES string of the molecule is COc1ccc(Oc2ccc(Cl)cc2NC(=O)[C@H]2CC(=O)Nc3ccccc32)cc1. The van der Waals surface area contributed by atoms with E-state index in [1.165, 1.54) is 0 Å². The first kappa shape index (κ1) is 19.8. The van der Waals surface area contributed by atoms with Crippen molar-refractivity contribution in [3.8, 4) is 17.2 Å². The molecule has 152 valence electrons. The van der Waals surface area contributed by atoms with E-state index >= 15 is 0 Å². The molecule has 1 heterocycles. The average molecular weight is 423 g/mol. The quantitative estimate of drug-likeness (QED) is 0.592. The molecule has 1 aliphatic heterocycles. The molecule has 3 aromatic rings. The number of methoxy groups -OCH3 is 1. The number of ether oxygens (including phenoxy) is 2. The zero-order chi connectivity index (χ0) is 21.1. The van der Waals surface area contributed by atoms with Crippen LogP contribution in [-0.4, -0.2) is 18.9 Å². The Labute approximate surface area is 178 Å². The molecule has 0 fully saturated rings. The van der Waals surface area contributed by atoms with E-state index in [4.69, 9.17) is 21.1 Å². The maximum Gasteiger partial charge on any atom is 0.232 e. The van der Waals surface area contributed by atoms with Gasteiger partial charge in [-0.05, 0) is 54.1 Å². The Morgan fingerprint density at radius 2 is 1.80 bits per heavy atom. The summed E-state index contributed by atoms with van der Waals surface area (Å²) < 4.78 is 11.1. The molecule has 2 N–H and O–H groups in total. The van der Waals surface area contributed by atoms with E-state index in [1.54, 1.807) is 55.6 Å². The predicted molar refractivity (Wildman–Crippen MR) is 116 cm³/mol. The van der Waals surface area contributed by atoms with Crippen LogP contribution in [0.25, 0.3) is 0 Å². The van der Waals surface area contributed by atoms with Crippen LogP contribution in [0.5, 0.6) is 17.2 Å². The average Bonchev–Trinajstić information content (AvgIpc) is 2.75. The number of rotatable bonds is 5. The Balaban J connectivity index is 1.59. The number of carbonyl (C=O) groups is 2. The molecular formula is C23H19ClN2O4. The highest BCUT2D eigenvalue weighted by Crippen LogP contribution is 2.36. The molecule has 7 heteroatoms. The second-order valence-electron chi connectivity index (χ2n) is 6.80. The molecule has 0 radical (unpaired) electrons. The number of hydrogen-bond acceptors (Lipinski definition) is 4. The van der Waals surface area contributed by atoms with Crippen molar-refractivity contribution in [2.24, 2.45) is 0 Å². The van der Waals surface area contributed by atoms with Gasteiger partial charge in [-0.3, -0.25) is 9.59 Å². The van der Waals surface area contributed by atoms with Crippen LogP contribution >= 0.6 is 11.6 Å². The number of carbonyl (C=O) groups excluding carboxylic acids is 2. The lowest BCUT2D eigenvalue weighted by Gasteiger charge is -2.25. The number of amides is 2. The molecule has 0 saturated heterocycles. The van der Waals surface area contributed by atoms with Gasteiger partial charge >= 0.3 is 0 Å². The van der Waals surface area contributed by atoms with Crippen molar-refractivity contribution in [2.75, 3.05) is 17.7 Å². The van der Waals surface area contributed by atoms with Crippen molar-refractivity contribution in [1.82, 2.24) is 0 Å². The van der Waals surface area contributed by atoms with E-state index < -0.39 is 5.92 Å². The summed E-state index contributed by atoms with van der Waals surface area (Å²) in [5.41, 5.74) is 1.84. The van der Waals surface area contributed by atoms with Gasteiger partial charge in [-0.1, -0.05) is 29.8 Å². The van der Waals surface area contributed by atoms with Crippen LogP contribution in [-0.2, 0) is 9.59 Å². The maximum absolute atomic E-state index is 13.1. The van der Waals surface area contributed by atoms with E-state index in [2.05, 4.69) is 10.6 Å². The fourth-order valence-electron chi connectivity index (χ4n) is 3.32. The zero-order valence-corrected chi connectivity index (χ0v) is 16.9. The molecule has 0 unspecified atom stereocenters. The third-order valence-corrected chi connectivity index (χ3v) is 5.04. The van der Waals surface area contributed by atoms with Gasteiger partial charge in [-0.2, -0.15) is 0 Å². The number of halogens is 1. The summed E-state index contributed by atoms with van der Waals surface area (Å²) in [4.78, 5) is 25.1. The summed E-state index contributed by atoms with van der Waals surface area (Å²) in [6.07, 6.45) is 0.0675. The molecular weight excluding hydrogens is 404 g/mol. The fraction of sp³-hybridized carbons (Fsp3) is 0.130. The summed E-state index contributed by atoms with van der Waals surface area (Å²) in [7, 11) is 1.59. The van der Waals surface area contributed by atoms with E-state index in [-0.39, 0.29) is 18.2 Å². The first-order valence-electron chi connectivity index (χ1n) is 9.34. The molecule has 1 atom stereocenters. The first-order valence-corrected chi connectivity index (χ1v) is 9.72. The Morgan fingerprint density at radius 1 is 1.07 bits per heavy atom. The van der Waals surface area contributed by atoms with Crippen molar-refractivity contribution < 1.29 is 19.1 Å². The lowest BCUT2D eigenvalue weighted by Crippen LogP contribution is -2.30. The van der Waals surface area contributed by atoms with Gasteiger partial charge in [0.25, 0.3) is 0 Å². The number of anilines is 2. The Kier molecular flexibility index (Phi) is 5.59. The summed E-state index contributed by atoms with van der Waals surface area (Å²) >= 11 is 6.15. The largest absolute Gasteiger partial charge is 0.497 e. The third-order valence-electron chi connectivity index (χ3n) is 4.80. The molecule has 6 nitrogen and oxygen atoms in total. The van der Waals surface area contributed by atoms with E-state index in [9.17, 15) is 9.59 Å². The van der Waals surface area contributed by atoms with E-state index in [0.717, 1.165) is 5.56 Å². The number of para-hydroxylation sites is 1. The van der Waals surface area contributed by atoms with Crippen LogP contribution in [0.3, 0.4) is 0 Å². The second-order valence-corrected chi connectivity index (χ2v) is 7.24. The van der Waals surface area contributed by atoms with E-state index in [0.29, 0.717) is 33.6 Å². The number of benzene rings is 3. The molecule has 0 saturated carbocycles. The van der Waals surface area contributed by atoms with Crippen molar-refractivity contribution in [3.05, 3.63) is 77.3 Å². The Bertz CT molecular complexity index is 1100. The van der Waals surface area contributed by atoms with Crippen LogP contribution in [0.4, 0.5) is 11.4 Å². The van der Waals surface area contributed by atoms with Crippen LogP contribution < -0.4 is 20.1 Å². The van der Waals surface area contributed by atoms with Crippen molar-refractivity contribution in [3.63, 3.8) is 0 Å². The monoisotopic (exact) mass is 422 g/mol. The van der Waals surface area contributed by atoms with Gasteiger partial charge < -0.3 is 20.1 Å². The third kappa shape index (κ3) is 4.23. The molecule has 0 spiro atoms. The van der Waals surface area contributed by atoms with Crippen molar-refractivity contribution in [1.29, 1.82) is 0 Å². The molecule has 4 rings (SSSR count). The standard InChI is InChI=1S/C23H19ClN2O4/c1-29-15-7-9-16(10-8-15)30-21-11-6-14(24)12-20(21)26-23(28)18-13-22(27)25-19-5-3-2-4-17(18)19/h2-12,18H,13H2,1H3,(H,25,27)(H,26,28)/t18-/m0/s1. The summed E-state index contributed by atoms with van der Waals surface area (Å²) in [5, 5.41) is 6.12. The summed E-state index contributed by atoms with van der Waals surface area (Å²) in [6, 6.07) is 19.3. The van der Waals surface area contributed by atoms with Gasteiger partial charge in [0.2, 0.25) is 11.8 Å². The van der Waals surface area contributed by atoms with Crippen molar-refractivity contribution >= 4 is 34.8 Å². The van der Waals surface area contributed by atoms with Crippen LogP contribution in [0.15, 0.2) is 66.7 Å². The smallest absolute Gasteiger partial charge is 0.232 e. The minimum atomic E-state index is -0.609. The summed E-state index contributed by atoms with van der Waals surface area (Å²) in [6.45, 7) is 0. The Morgan fingerprint density at radius 3 is 2.57 bits per heavy atom. The lowest BCUT2D eigenvalue weighted by molar-refractivity contribution is -0.123. The number of nitrogens with one attached hydrogen (secondary N) is 2. The second kappa shape index (κ2) is 8.47. The number of fused-ring (bicyclic) bond motifs is 1. The minimum absolute atomic E-state index is 0.0675. The Hall–Kier alpha value is -3.51. The highest BCUT2D eigenvalue weighted by Gasteiger charge is 2.31. The van der Waals surface area contributed by atoms with Gasteiger partial charge in [-0.25, -0.2) is 0 Å². The fourth-order valence-corrected chi connectivity index (χ4v) is 3.50. The predicted octanol–water partition coefficient (Wildman–Crippen LogP) is 5.21. The minimum Gasteiger partial charge on any atom is -0.497 e. The topological polar surface area (TPSA) is 76.7 Å². The molecule has 1 aliphatic rings. The zero-order valence-electron chi connectivity index (χ0n) is 16.1. The first-order chi connectivity index (χ1) is 14.5.